The van der Waals surface area contributed by atoms with Crippen LogP contribution in [0, 0.1) is 0 Å². The van der Waals surface area contributed by atoms with Gasteiger partial charge in [0.2, 0.25) is 0 Å². The van der Waals surface area contributed by atoms with E-state index in [1.165, 1.54) is 0 Å². The Morgan fingerprint density at radius 3 is 1.75 bits per heavy atom. The Morgan fingerprint density at radius 2 is 1.75 bits per heavy atom. The maximum atomic E-state index is 8.12. The summed E-state index contributed by atoms with van der Waals surface area (Å²) in [5.74, 6) is 0. The van der Waals surface area contributed by atoms with Crippen molar-refractivity contribution in [2.75, 3.05) is 0 Å². The highest BCUT2D eigenvalue weighted by Gasteiger charge is 2.00. The average molecular weight is 141 g/mol. The molecule has 5 N–H and O–H groups in total. The van der Waals surface area contributed by atoms with Crippen LogP contribution in [0.4, 0.5) is 0 Å². The number of hydrogen-bond donors (Lipinski definition) is 3. The molecule has 0 aromatic rings. The van der Waals surface area contributed by atoms with E-state index in [-0.39, 0.29) is 12.3 Å². The van der Waals surface area contributed by atoms with E-state index in [2.05, 4.69) is 4.52 Å². The van der Waals surface area contributed by atoms with E-state index in [0.717, 1.165) is 0 Å². The topological polar surface area (TPSA) is 84.7 Å². The van der Waals surface area contributed by atoms with Crippen LogP contribution in [0.15, 0.2) is 0 Å². The van der Waals surface area contributed by atoms with E-state index >= 15 is 0 Å². The summed E-state index contributed by atoms with van der Waals surface area (Å²) in [6.45, 7) is 3.48. The lowest BCUT2D eigenvalue weighted by Gasteiger charge is -2.04. The minimum atomic E-state index is -2.14. The molecular formula is C3H12NO3P. The van der Waals surface area contributed by atoms with Crippen molar-refractivity contribution in [1.82, 2.24) is 6.15 Å². The molecule has 0 spiro atoms. The second-order valence-electron chi connectivity index (χ2n) is 1.41. The van der Waals surface area contributed by atoms with Crippen molar-refractivity contribution in [3.8, 4) is 0 Å². The Bertz CT molecular complexity index is 43.8. The highest BCUT2D eigenvalue weighted by Crippen LogP contribution is 2.25. The zero-order chi connectivity index (χ0) is 5.86. The van der Waals surface area contributed by atoms with Crippen molar-refractivity contribution >= 4 is 8.60 Å². The second kappa shape index (κ2) is 5.41. The Kier molecular flexibility index (Phi) is 7.52. The van der Waals surface area contributed by atoms with Gasteiger partial charge in [0, 0.05) is 0 Å². The SMILES string of the molecule is CC(C)OP(O)O.N. The maximum absolute atomic E-state index is 8.12. The smallest absolute Gasteiger partial charge is 0.327 e. The molecule has 0 amide bonds. The molecule has 52 valence electrons. The zero-order valence-corrected chi connectivity index (χ0v) is 5.93. The first-order valence-electron chi connectivity index (χ1n) is 1.97. The Hall–Kier alpha value is 0.270. The van der Waals surface area contributed by atoms with E-state index < -0.39 is 8.60 Å². The summed E-state index contributed by atoms with van der Waals surface area (Å²) in [6.07, 6.45) is -0.0962. The van der Waals surface area contributed by atoms with Gasteiger partial charge in [-0.15, -0.1) is 0 Å². The van der Waals surface area contributed by atoms with E-state index in [1.807, 2.05) is 0 Å². The molecule has 5 heteroatoms. The van der Waals surface area contributed by atoms with Gasteiger partial charge in [0.25, 0.3) is 0 Å². The van der Waals surface area contributed by atoms with E-state index in [4.69, 9.17) is 9.79 Å². The van der Waals surface area contributed by atoms with E-state index in [0.29, 0.717) is 0 Å². The molecule has 0 aromatic carbocycles. The molecule has 0 unspecified atom stereocenters. The third kappa shape index (κ3) is 9.55. The van der Waals surface area contributed by atoms with Crippen LogP contribution in [-0.4, -0.2) is 15.9 Å². The number of hydrogen-bond acceptors (Lipinski definition) is 4. The van der Waals surface area contributed by atoms with Crippen LogP contribution in [-0.2, 0) is 4.52 Å². The zero-order valence-electron chi connectivity index (χ0n) is 5.03. The van der Waals surface area contributed by atoms with Gasteiger partial charge in [-0.1, -0.05) is 0 Å². The second-order valence-corrected chi connectivity index (χ2v) is 2.12. The van der Waals surface area contributed by atoms with Gasteiger partial charge in [-0.05, 0) is 13.8 Å². The van der Waals surface area contributed by atoms with Gasteiger partial charge in [-0.2, -0.15) is 0 Å². The monoisotopic (exact) mass is 141 g/mol. The van der Waals surface area contributed by atoms with Crippen LogP contribution in [0.25, 0.3) is 0 Å². The normalized spacial score (nSPS) is 9.75. The molecule has 0 heterocycles. The molecule has 0 fully saturated rings. The third-order valence-corrected chi connectivity index (χ3v) is 0.915. The van der Waals surface area contributed by atoms with Crippen molar-refractivity contribution < 1.29 is 14.3 Å². The summed E-state index contributed by atoms with van der Waals surface area (Å²) in [6, 6.07) is 0. The molecule has 0 aromatic heterocycles. The third-order valence-electron chi connectivity index (χ3n) is 0.305. The molecule has 0 radical (unpaired) electrons. The average Bonchev–Trinajstić information content (AvgIpc) is 1.27. The van der Waals surface area contributed by atoms with Crippen molar-refractivity contribution in [2.45, 2.75) is 20.0 Å². The lowest BCUT2D eigenvalue weighted by molar-refractivity contribution is 0.201. The van der Waals surface area contributed by atoms with Gasteiger partial charge in [-0.25, -0.2) is 0 Å². The molecule has 0 rings (SSSR count). The molecular weight excluding hydrogens is 129 g/mol. The fourth-order valence-electron chi connectivity index (χ4n) is 0.189. The number of rotatable bonds is 2. The molecule has 0 saturated heterocycles. The molecule has 0 bridgehead atoms. The molecule has 8 heavy (non-hydrogen) atoms. The lowest BCUT2D eigenvalue weighted by Crippen LogP contribution is -1.95. The molecule has 0 saturated carbocycles. The van der Waals surface area contributed by atoms with Gasteiger partial charge in [-0.3, -0.25) is 0 Å². The van der Waals surface area contributed by atoms with Crippen LogP contribution in [0.1, 0.15) is 13.8 Å². The van der Waals surface area contributed by atoms with Crippen molar-refractivity contribution in [2.24, 2.45) is 0 Å². The van der Waals surface area contributed by atoms with Crippen LogP contribution < -0.4 is 6.15 Å². The molecule has 0 atom stereocenters. The Labute approximate surface area is 50.1 Å². The standard InChI is InChI=1S/C3H9O3P.H3N/c1-3(2)6-7(4)5;/h3-5H,1-2H3;1H3. The maximum Gasteiger partial charge on any atom is 0.327 e. The van der Waals surface area contributed by atoms with Crippen LogP contribution in [0.3, 0.4) is 0 Å². The minimum absolute atomic E-state index is 0. The first kappa shape index (κ1) is 11.1. The molecule has 0 aliphatic rings. The predicted molar refractivity (Wildman–Crippen MR) is 32.6 cm³/mol. The minimum Gasteiger partial charge on any atom is -0.344 e. The van der Waals surface area contributed by atoms with Crippen LogP contribution in [0.2, 0.25) is 0 Å². The first-order valence-corrected chi connectivity index (χ1v) is 3.14. The van der Waals surface area contributed by atoms with Gasteiger partial charge in [0.1, 0.15) is 0 Å². The van der Waals surface area contributed by atoms with Gasteiger partial charge < -0.3 is 20.5 Å². The van der Waals surface area contributed by atoms with Gasteiger partial charge in [0.05, 0.1) is 6.10 Å². The van der Waals surface area contributed by atoms with Crippen LogP contribution >= 0.6 is 8.60 Å². The summed E-state index contributed by atoms with van der Waals surface area (Å²) in [5, 5.41) is 0. The van der Waals surface area contributed by atoms with Crippen molar-refractivity contribution in [3.63, 3.8) is 0 Å². The van der Waals surface area contributed by atoms with Crippen molar-refractivity contribution in [3.05, 3.63) is 0 Å². The Balaban J connectivity index is 0. The largest absolute Gasteiger partial charge is 0.344 e. The molecule has 0 aliphatic carbocycles. The summed E-state index contributed by atoms with van der Waals surface area (Å²) < 4.78 is 4.43. The van der Waals surface area contributed by atoms with Gasteiger partial charge in [0.15, 0.2) is 0 Å². The highest BCUT2D eigenvalue weighted by atomic mass is 31.2. The summed E-state index contributed by atoms with van der Waals surface area (Å²) in [5.41, 5.74) is 0. The van der Waals surface area contributed by atoms with E-state index in [1.54, 1.807) is 13.8 Å². The predicted octanol–water partition coefficient (Wildman–Crippen LogP) is 0.785. The van der Waals surface area contributed by atoms with E-state index in [9.17, 15) is 0 Å². The Morgan fingerprint density at radius 1 is 1.38 bits per heavy atom. The summed E-state index contributed by atoms with van der Waals surface area (Å²) in [7, 11) is -2.14. The fraction of sp³-hybridized carbons (Fsp3) is 1.00. The lowest BCUT2D eigenvalue weighted by atomic mass is 10.5. The van der Waals surface area contributed by atoms with Gasteiger partial charge >= 0.3 is 8.60 Å². The summed E-state index contributed by atoms with van der Waals surface area (Å²) in [4.78, 5) is 16.2. The van der Waals surface area contributed by atoms with Crippen LogP contribution in [0.5, 0.6) is 0 Å². The highest BCUT2D eigenvalue weighted by molar-refractivity contribution is 7.39. The molecule has 4 nitrogen and oxygen atoms in total. The fourth-order valence-corrected chi connectivity index (χ4v) is 0.566. The summed E-state index contributed by atoms with van der Waals surface area (Å²) >= 11 is 0. The molecule has 0 aliphatic heterocycles. The quantitative estimate of drug-likeness (QED) is 0.496. The first-order chi connectivity index (χ1) is 3.13. The van der Waals surface area contributed by atoms with Crippen molar-refractivity contribution in [1.29, 1.82) is 0 Å².